The van der Waals surface area contributed by atoms with Gasteiger partial charge in [0, 0.05) is 51.8 Å². The Kier molecular flexibility index (Phi) is 8.36. The van der Waals surface area contributed by atoms with Crippen molar-refractivity contribution in [1.82, 2.24) is 19.7 Å². The number of rotatable bonds is 10. The molecule has 0 aliphatic heterocycles. The van der Waals surface area contributed by atoms with Gasteiger partial charge < -0.3 is 5.32 Å². The minimum Gasteiger partial charge on any atom is -0.301 e. The Morgan fingerprint density at radius 3 is 2.69 bits per heavy atom. The van der Waals surface area contributed by atoms with Crippen molar-refractivity contribution < 1.29 is 9.72 Å². The maximum atomic E-state index is 12.6. The zero-order chi connectivity index (χ0) is 25.7. The average molecular weight is 561 g/mol. The number of anilines is 1. The molecule has 0 aliphatic carbocycles. The third-order valence-electron chi connectivity index (χ3n) is 4.89. The van der Waals surface area contributed by atoms with Crippen LogP contribution in [0.1, 0.15) is 10.4 Å². The smallest absolute Gasteiger partial charge is 0.270 e. The van der Waals surface area contributed by atoms with Crippen molar-refractivity contribution in [3.05, 3.63) is 91.9 Å². The number of carbonyl (C=O) groups is 1. The summed E-state index contributed by atoms with van der Waals surface area (Å²) in [5, 5.41) is 24.4. The molecule has 0 spiro atoms. The summed E-state index contributed by atoms with van der Waals surface area (Å²) in [6, 6.07) is 11.5. The lowest BCUT2D eigenvalue weighted by Gasteiger charge is -2.07. The predicted octanol–water partition coefficient (Wildman–Crippen LogP) is 6.12. The number of nitro groups is 1. The standard InChI is InChI=1S/C23H18Cl2N6O3S2/c1-2-9-30-21(14-5-3-6-15(10-14)31(33)34)28-29-23(30)35-13-20(32)27-22-26-12-16(36-22)11-17-18(24)7-4-8-19(17)25/h2-8,10,12H,1,9,11,13H2,(H,26,27,32). The van der Waals surface area contributed by atoms with Crippen LogP contribution in [0.5, 0.6) is 0 Å². The number of hydrogen-bond acceptors (Lipinski definition) is 8. The van der Waals surface area contributed by atoms with Crippen LogP contribution in [0.3, 0.4) is 0 Å². The Morgan fingerprint density at radius 1 is 1.22 bits per heavy atom. The maximum absolute atomic E-state index is 12.6. The number of carbonyl (C=O) groups excluding carboxylic acids is 1. The summed E-state index contributed by atoms with van der Waals surface area (Å²) in [6.45, 7) is 4.13. The minimum absolute atomic E-state index is 0.0474. The Balaban J connectivity index is 1.41. The molecule has 1 N–H and O–H groups in total. The van der Waals surface area contributed by atoms with E-state index in [2.05, 4.69) is 27.1 Å². The normalized spacial score (nSPS) is 10.8. The van der Waals surface area contributed by atoms with Gasteiger partial charge >= 0.3 is 0 Å². The van der Waals surface area contributed by atoms with Gasteiger partial charge in [0.1, 0.15) is 0 Å². The van der Waals surface area contributed by atoms with Gasteiger partial charge in [0.2, 0.25) is 5.91 Å². The van der Waals surface area contributed by atoms with Gasteiger partial charge in [0.05, 0.1) is 10.7 Å². The van der Waals surface area contributed by atoms with Crippen molar-refractivity contribution in [3.63, 3.8) is 0 Å². The van der Waals surface area contributed by atoms with E-state index in [-0.39, 0.29) is 17.3 Å². The Hall–Kier alpha value is -3.25. The maximum Gasteiger partial charge on any atom is 0.270 e. The van der Waals surface area contributed by atoms with Crippen molar-refractivity contribution in [3.8, 4) is 11.4 Å². The van der Waals surface area contributed by atoms with E-state index in [1.54, 1.807) is 47.2 Å². The molecule has 2 aromatic carbocycles. The fourth-order valence-corrected chi connectivity index (χ4v) is 5.39. The number of nitrogens with one attached hydrogen (secondary N) is 1. The lowest BCUT2D eigenvalue weighted by Crippen LogP contribution is -2.14. The summed E-state index contributed by atoms with van der Waals surface area (Å²) < 4.78 is 1.75. The molecule has 0 atom stereocenters. The lowest BCUT2D eigenvalue weighted by molar-refractivity contribution is -0.384. The summed E-state index contributed by atoms with van der Waals surface area (Å²) in [5.41, 5.74) is 1.30. The number of thioether (sulfide) groups is 1. The number of halogens is 2. The van der Waals surface area contributed by atoms with E-state index in [0.29, 0.717) is 44.7 Å². The molecular formula is C23H18Cl2N6O3S2. The number of thiazole rings is 1. The highest BCUT2D eigenvalue weighted by atomic mass is 35.5. The highest BCUT2D eigenvalue weighted by Gasteiger charge is 2.18. The van der Waals surface area contributed by atoms with Crippen molar-refractivity contribution in [1.29, 1.82) is 0 Å². The minimum atomic E-state index is -0.467. The molecule has 9 nitrogen and oxygen atoms in total. The third-order valence-corrected chi connectivity index (χ3v) is 7.48. The van der Waals surface area contributed by atoms with Crippen LogP contribution in [0.25, 0.3) is 11.4 Å². The molecule has 4 rings (SSSR count). The number of nitro benzene ring substituents is 1. The van der Waals surface area contributed by atoms with Gasteiger partial charge in [-0.1, -0.05) is 59.2 Å². The SMILES string of the molecule is C=CCn1c(SCC(=O)Nc2ncc(Cc3c(Cl)cccc3Cl)s2)nnc1-c1cccc([N+](=O)[O-])c1. The van der Waals surface area contributed by atoms with Crippen LogP contribution in [0, 0.1) is 10.1 Å². The molecule has 0 unspecified atom stereocenters. The topological polar surface area (TPSA) is 116 Å². The molecule has 0 radical (unpaired) electrons. The molecule has 0 fully saturated rings. The highest BCUT2D eigenvalue weighted by molar-refractivity contribution is 7.99. The van der Waals surface area contributed by atoms with Crippen molar-refractivity contribution in [2.75, 3.05) is 11.1 Å². The van der Waals surface area contributed by atoms with E-state index in [0.717, 1.165) is 10.4 Å². The van der Waals surface area contributed by atoms with Crippen molar-refractivity contribution in [2.24, 2.45) is 0 Å². The van der Waals surface area contributed by atoms with Crippen LogP contribution in [-0.4, -0.2) is 36.3 Å². The van der Waals surface area contributed by atoms with E-state index >= 15 is 0 Å². The van der Waals surface area contributed by atoms with Crippen molar-refractivity contribution >= 4 is 63.0 Å². The highest BCUT2D eigenvalue weighted by Crippen LogP contribution is 2.30. The fourth-order valence-electron chi connectivity index (χ4n) is 3.27. The Morgan fingerprint density at radius 2 is 1.97 bits per heavy atom. The van der Waals surface area contributed by atoms with E-state index in [9.17, 15) is 14.9 Å². The summed E-state index contributed by atoms with van der Waals surface area (Å²) in [6.07, 6.45) is 3.85. The molecule has 0 aliphatic rings. The number of allylic oxidation sites excluding steroid dienone is 1. The van der Waals surface area contributed by atoms with Gasteiger partial charge in [-0.15, -0.1) is 28.1 Å². The molecule has 0 bridgehead atoms. The van der Waals surface area contributed by atoms with Gasteiger partial charge in [-0.3, -0.25) is 19.5 Å². The summed E-state index contributed by atoms with van der Waals surface area (Å²) in [5.74, 6) is 0.251. The lowest BCUT2D eigenvalue weighted by atomic mass is 10.1. The molecule has 4 aromatic rings. The van der Waals surface area contributed by atoms with Gasteiger partial charge in [-0.05, 0) is 17.7 Å². The summed E-state index contributed by atoms with van der Waals surface area (Å²) in [4.78, 5) is 28.4. The molecule has 36 heavy (non-hydrogen) atoms. The Bertz CT molecular complexity index is 1420. The van der Waals surface area contributed by atoms with Crippen LogP contribution in [-0.2, 0) is 17.8 Å². The van der Waals surface area contributed by atoms with Gasteiger partial charge in [0.15, 0.2) is 16.1 Å². The first kappa shape index (κ1) is 25.8. The third kappa shape index (κ3) is 6.11. The van der Waals surface area contributed by atoms with E-state index in [4.69, 9.17) is 23.2 Å². The Labute approximate surface area is 224 Å². The zero-order valence-corrected chi connectivity index (χ0v) is 21.7. The van der Waals surface area contributed by atoms with Gasteiger partial charge in [-0.2, -0.15) is 0 Å². The number of nitrogens with zero attached hydrogens (tertiary/aromatic N) is 5. The average Bonchev–Trinajstić information content (AvgIpc) is 3.47. The van der Waals surface area contributed by atoms with Gasteiger partial charge in [0.25, 0.3) is 5.69 Å². The monoisotopic (exact) mass is 560 g/mol. The zero-order valence-electron chi connectivity index (χ0n) is 18.6. The summed E-state index contributed by atoms with van der Waals surface area (Å²) in [7, 11) is 0. The molecular weight excluding hydrogens is 543 g/mol. The summed E-state index contributed by atoms with van der Waals surface area (Å²) >= 11 is 15.0. The fraction of sp³-hybridized carbons (Fsp3) is 0.130. The molecule has 0 saturated carbocycles. The number of amides is 1. The van der Waals surface area contributed by atoms with Crippen LogP contribution in [0.15, 0.2) is 66.5 Å². The first-order valence-electron chi connectivity index (χ1n) is 10.4. The van der Waals surface area contributed by atoms with Crippen LogP contribution in [0.4, 0.5) is 10.8 Å². The second kappa shape index (κ2) is 11.7. The number of hydrogen-bond donors (Lipinski definition) is 1. The number of aromatic nitrogens is 4. The molecule has 184 valence electrons. The quantitative estimate of drug-likeness (QED) is 0.107. The first-order chi connectivity index (χ1) is 17.4. The van der Waals surface area contributed by atoms with E-state index in [1.807, 2.05) is 0 Å². The molecule has 2 aromatic heterocycles. The van der Waals surface area contributed by atoms with E-state index in [1.165, 1.54) is 35.2 Å². The second-order valence-corrected chi connectivity index (χ2v) is 10.2. The van der Waals surface area contributed by atoms with Crippen LogP contribution < -0.4 is 5.32 Å². The van der Waals surface area contributed by atoms with Crippen molar-refractivity contribution in [2.45, 2.75) is 18.1 Å². The van der Waals surface area contributed by atoms with Crippen LogP contribution in [0.2, 0.25) is 10.0 Å². The predicted molar refractivity (Wildman–Crippen MR) is 143 cm³/mol. The molecule has 13 heteroatoms. The molecule has 1 amide bonds. The molecule has 0 saturated heterocycles. The van der Waals surface area contributed by atoms with E-state index < -0.39 is 4.92 Å². The number of benzene rings is 2. The van der Waals surface area contributed by atoms with Crippen LogP contribution >= 0.6 is 46.3 Å². The number of non-ortho nitro benzene ring substituents is 1. The largest absolute Gasteiger partial charge is 0.301 e. The molecule has 2 heterocycles. The van der Waals surface area contributed by atoms with Gasteiger partial charge in [-0.25, -0.2) is 4.98 Å². The second-order valence-electron chi connectivity index (χ2n) is 7.36. The first-order valence-corrected chi connectivity index (χ1v) is 13.0.